The molecule has 0 spiro atoms. The van der Waals surface area contributed by atoms with Crippen LogP contribution in [0.2, 0.25) is 0 Å². The molecule has 1 heteroatoms. The molecule has 0 aromatic carbocycles. The fraction of sp³-hybridized carbons (Fsp3) is 0.733. The molecule has 3 unspecified atom stereocenters. The zero-order chi connectivity index (χ0) is 11.9. The smallest absolute Gasteiger partial charge is 0.0620 e. The molecular formula is C15H24O. The van der Waals surface area contributed by atoms with E-state index in [0.717, 1.165) is 19.3 Å². The van der Waals surface area contributed by atoms with E-state index in [0.29, 0.717) is 17.8 Å². The molecule has 0 saturated heterocycles. The highest BCUT2D eigenvalue weighted by atomic mass is 16.3. The van der Waals surface area contributed by atoms with Crippen molar-refractivity contribution in [2.45, 2.75) is 52.1 Å². The molecule has 0 radical (unpaired) electrons. The van der Waals surface area contributed by atoms with Gasteiger partial charge in [-0.25, -0.2) is 0 Å². The van der Waals surface area contributed by atoms with E-state index < -0.39 is 5.60 Å². The highest BCUT2D eigenvalue weighted by Gasteiger charge is 2.38. The summed E-state index contributed by atoms with van der Waals surface area (Å²) in [4.78, 5) is 0. The maximum absolute atomic E-state index is 10.2. The highest BCUT2D eigenvalue weighted by molar-refractivity contribution is 5.22. The number of hydrogen-bond donors (Lipinski definition) is 1. The largest absolute Gasteiger partial charge is 0.390 e. The molecule has 0 bridgehead atoms. The predicted octanol–water partition coefficient (Wildman–Crippen LogP) is 3.70. The average molecular weight is 220 g/mol. The molecule has 2 rings (SSSR count). The lowest BCUT2D eigenvalue weighted by Crippen LogP contribution is -2.32. The van der Waals surface area contributed by atoms with Crippen LogP contribution in [0.25, 0.3) is 0 Å². The summed E-state index contributed by atoms with van der Waals surface area (Å²) < 4.78 is 0. The third-order valence-electron chi connectivity index (χ3n) is 4.64. The van der Waals surface area contributed by atoms with Crippen molar-refractivity contribution in [3.8, 4) is 0 Å². The maximum Gasteiger partial charge on any atom is 0.0620 e. The first-order valence-corrected chi connectivity index (χ1v) is 6.46. The van der Waals surface area contributed by atoms with Gasteiger partial charge < -0.3 is 5.11 Å². The van der Waals surface area contributed by atoms with Gasteiger partial charge in [0.2, 0.25) is 0 Å². The van der Waals surface area contributed by atoms with Gasteiger partial charge in [0.25, 0.3) is 0 Å². The highest BCUT2D eigenvalue weighted by Crippen LogP contribution is 2.46. The number of allylic oxidation sites excluding steroid dienone is 3. The first-order valence-electron chi connectivity index (χ1n) is 6.46. The van der Waals surface area contributed by atoms with Gasteiger partial charge in [0.1, 0.15) is 0 Å². The molecule has 0 aromatic heterocycles. The van der Waals surface area contributed by atoms with Crippen molar-refractivity contribution in [2.24, 2.45) is 17.8 Å². The molecule has 0 aromatic rings. The van der Waals surface area contributed by atoms with Crippen molar-refractivity contribution in [1.82, 2.24) is 0 Å². The van der Waals surface area contributed by atoms with Crippen molar-refractivity contribution in [1.29, 1.82) is 0 Å². The summed E-state index contributed by atoms with van der Waals surface area (Å²) in [5.41, 5.74) is 2.38. The Labute approximate surface area is 99.3 Å². The van der Waals surface area contributed by atoms with E-state index in [-0.39, 0.29) is 0 Å². The van der Waals surface area contributed by atoms with E-state index >= 15 is 0 Å². The average Bonchev–Trinajstić information content (AvgIpc) is 2.42. The van der Waals surface area contributed by atoms with E-state index in [1.165, 1.54) is 17.6 Å². The second-order valence-electron chi connectivity index (χ2n) is 6.18. The van der Waals surface area contributed by atoms with Crippen LogP contribution in [0.1, 0.15) is 46.5 Å². The Bertz CT molecular complexity index is 319. The van der Waals surface area contributed by atoms with E-state index in [9.17, 15) is 5.11 Å². The monoisotopic (exact) mass is 220 g/mol. The van der Waals surface area contributed by atoms with Crippen LogP contribution in [-0.4, -0.2) is 10.7 Å². The van der Waals surface area contributed by atoms with Gasteiger partial charge in [-0.15, -0.1) is 0 Å². The van der Waals surface area contributed by atoms with E-state index in [2.05, 4.69) is 19.6 Å². The van der Waals surface area contributed by atoms with E-state index in [1.54, 1.807) is 0 Å². The van der Waals surface area contributed by atoms with Gasteiger partial charge in [-0.1, -0.05) is 23.8 Å². The number of hydrogen-bond acceptors (Lipinski definition) is 1. The van der Waals surface area contributed by atoms with Gasteiger partial charge in [0.05, 0.1) is 5.60 Å². The predicted molar refractivity (Wildman–Crippen MR) is 68.1 cm³/mol. The molecule has 90 valence electrons. The molecule has 16 heavy (non-hydrogen) atoms. The zero-order valence-corrected chi connectivity index (χ0v) is 10.8. The molecule has 3 atom stereocenters. The lowest BCUT2D eigenvalue weighted by Gasteiger charge is -2.31. The van der Waals surface area contributed by atoms with Crippen molar-refractivity contribution in [3.05, 3.63) is 23.8 Å². The molecule has 1 saturated carbocycles. The number of aliphatic hydroxyl groups is 1. The van der Waals surface area contributed by atoms with E-state index in [4.69, 9.17) is 0 Å². The fourth-order valence-corrected chi connectivity index (χ4v) is 3.36. The topological polar surface area (TPSA) is 20.2 Å². The second kappa shape index (κ2) is 4.03. The lowest BCUT2D eigenvalue weighted by atomic mass is 9.79. The quantitative estimate of drug-likeness (QED) is 0.668. The molecule has 1 nitrogen and oxygen atoms in total. The van der Waals surface area contributed by atoms with Crippen LogP contribution < -0.4 is 0 Å². The van der Waals surface area contributed by atoms with Crippen molar-refractivity contribution < 1.29 is 5.11 Å². The van der Waals surface area contributed by atoms with Crippen LogP contribution in [0, 0.1) is 17.8 Å². The summed E-state index contributed by atoms with van der Waals surface area (Å²) in [6, 6.07) is 0. The van der Waals surface area contributed by atoms with Crippen molar-refractivity contribution in [3.63, 3.8) is 0 Å². The lowest BCUT2D eigenvalue weighted by molar-refractivity contribution is 0.00604. The number of rotatable bonds is 1. The Kier molecular flexibility index (Phi) is 3.00. The molecule has 0 aliphatic heterocycles. The van der Waals surface area contributed by atoms with Crippen LogP contribution >= 0.6 is 0 Å². The summed E-state index contributed by atoms with van der Waals surface area (Å²) in [5.74, 6) is 1.72. The molecule has 2 aliphatic rings. The summed E-state index contributed by atoms with van der Waals surface area (Å²) in [6.45, 7) is 10.4. The fourth-order valence-electron chi connectivity index (χ4n) is 3.36. The standard InChI is InChI=1S/C15H24O/c1-10-5-7-12(15(3,4)16)9-14-11(2)6-8-13(10)14/h6,12-14,16H,1,5,7-9H2,2-4H3. The van der Waals surface area contributed by atoms with Gasteiger partial charge in [-0.05, 0) is 64.2 Å². The Balaban J connectivity index is 2.20. The summed E-state index contributed by atoms with van der Waals surface area (Å²) in [7, 11) is 0. The van der Waals surface area contributed by atoms with Crippen LogP contribution in [0.5, 0.6) is 0 Å². The van der Waals surface area contributed by atoms with Crippen LogP contribution in [0.15, 0.2) is 23.8 Å². The van der Waals surface area contributed by atoms with Crippen LogP contribution in [-0.2, 0) is 0 Å². The summed E-state index contributed by atoms with van der Waals surface area (Å²) in [6.07, 6.45) is 6.87. The number of fused-ring (bicyclic) bond motifs is 1. The first-order chi connectivity index (χ1) is 7.39. The molecule has 0 heterocycles. The van der Waals surface area contributed by atoms with Gasteiger partial charge in [-0.3, -0.25) is 0 Å². The first kappa shape index (κ1) is 11.9. The minimum absolute atomic E-state index is 0.417. The molecular weight excluding hydrogens is 196 g/mol. The Morgan fingerprint density at radius 1 is 1.38 bits per heavy atom. The normalized spacial score (nSPS) is 35.6. The second-order valence-corrected chi connectivity index (χ2v) is 6.18. The van der Waals surface area contributed by atoms with Gasteiger partial charge in [-0.2, -0.15) is 0 Å². The summed E-state index contributed by atoms with van der Waals surface area (Å²) >= 11 is 0. The Morgan fingerprint density at radius 3 is 2.69 bits per heavy atom. The van der Waals surface area contributed by atoms with Gasteiger partial charge >= 0.3 is 0 Å². The summed E-state index contributed by atoms with van der Waals surface area (Å²) in [5, 5.41) is 10.2. The minimum atomic E-state index is -0.544. The van der Waals surface area contributed by atoms with Crippen molar-refractivity contribution >= 4 is 0 Å². The maximum atomic E-state index is 10.2. The van der Waals surface area contributed by atoms with Gasteiger partial charge in [0.15, 0.2) is 0 Å². The minimum Gasteiger partial charge on any atom is -0.390 e. The third-order valence-corrected chi connectivity index (χ3v) is 4.64. The SMILES string of the molecule is C=C1CCC(C(C)(C)O)CC2C(C)=CCC12. The van der Waals surface area contributed by atoms with E-state index in [1.807, 2.05) is 13.8 Å². The zero-order valence-electron chi connectivity index (χ0n) is 10.8. The Morgan fingerprint density at radius 2 is 2.06 bits per heavy atom. The third kappa shape index (κ3) is 2.10. The van der Waals surface area contributed by atoms with Crippen LogP contribution in [0.3, 0.4) is 0 Å². The Hall–Kier alpha value is -0.560. The molecule has 1 N–H and O–H groups in total. The van der Waals surface area contributed by atoms with Crippen molar-refractivity contribution in [2.75, 3.05) is 0 Å². The van der Waals surface area contributed by atoms with Crippen LogP contribution in [0.4, 0.5) is 0 Å². The van der Waals surface area contributed by atoms with Gasteiger partial charge in [0, 0.05) is 0 Å². The molecule has 2 aliphatic carbocycles. The molecule has 1 fully saturated rings. The molecule has 0 amide bonds.